The lowest BCUT2D eigenvalue weighted by Crippen LogP contribution is -2.10. The molecule has 0 bridgehead atoms. The van der Waals surface area contributed by atoms with Crippen LogP contribution in [0.2, 0.25) is 0 Å². The maximum Gasteiger partial charge on any atom is 0.344 e. The second-order valence-electron chi connectivity index (χ2n) is 5.26. The molecule has 0 fully saturated rings. The van der Waals surface area contributed by atoms with Gasteiger partial charge in [0.05, 0.1) is 5.56 Å². The highest BCUT2D eigenvalue weighted by atomic mass is 32.2. The van der Waals surface area contributed by atoms with Crippen molar-refractivity contribution < 1.29 is 14.3 Å². The predicted octanol–water partition coefficient (Wildman–Crippen LogP) is 4.36. The second-order valence-corrected chi connectivity index (χ2v) is 6.88. The minimum Gasteiger partial charge on any atom is -0.423 e. The number of hydrogen-bond donors (Lipinski definition) is 1. The van der Waals surface area contributed by atoms with Gasteiger partial charge in [-0.25, -0.2) is 4.79 Å². The van der Waals surface area contributed by atoms with Gasteiger partial charge >= 0.3 is 5.97 Å². The number of carbonyl (C=O) groups excluding carboxylic acids is 2. The third-order valence-corrected chi connectivity index (χ3v) is 3.94. The van der Waals surface area contributed by atoms with Gasteiger partial charge in [-0.2, -0.15) is 0 Å². The molecule has 2 rings (SSSR count). The second kappa shape index (κ2) is 7.83. The van der Waals surface area contributed by atoms with Gasteiger partial charge in [0.15, 0.2) is 0 Å². The van der Waals surface area contributed by atoms with Crippen LogP contribution in [0.4, 0.5) is 5.69 Å². The van der Waals surface area contributed by atoms with E-state index >= 15 is 0 Å². The summed E-state index contributed by atoms with van der Waals surface area (Å²) in [5, 5.41) is 3.04. The number of nitrogens with one attached hydrogen (secondary N) is 1. The highest BCUT2D eigenvalue weighted by molar-refractivity contribution is 8.00. The molecule has 0 aromatic heterocycles. The van der Waals surface area contributed by atoms with E-state index < -0.39 is 0 Å². The normalized spacial score (nSPS) is 10.4. The van der Waals surface area contributed by atoms with Gasteiger partial charge in [-0.15, -0.1) is 11.8 Å². The largest absolute Gasteiger partial charge is 0.423 e. The summed E-state index contributed by atoms with van der Waals surface area (Å²) in [6.07, 6.45) is 0. The first-order valence-electron chi connectivity index (χ1n) is 7.31. The van der Waals surface area contributed by atoms with Gasteiger partial charge < -0.3 is 10.1 Å². The summed E-state index contributed by atoms with van der Waals surface area (Å²) < 4.78 is 5.42. The molecule has 0 radical (unpaired) electrons. The van der Waals surface area contributed by atoms with Crippen molar-refractivity contribution in [3.8, 4) is 5.75 Å². The van der Waals surface area contributed by atoms with Gasteiger partial charge in [-0.05, 0) is 36.4 Å². The summed E-state index contributed by atoms with van der Waals surface area (Å²) in [4.78, 5) is 24.3. The molecule has 0 saturated heterocycles. The first-order valence-corrected chi connectivity index (χ1v) is 8.19. The standard InChI is InChI=1S/C18H19NO3S/c1-12(2)23-17-7-5-4-6-16(17)18(21)22-15-10-8-14(9-11-15)19-13(3)20/h4-12H,1-3H3,(H,19,20). The Balaban J connectivity index is 2.11. The topological polar surface area (TPSA) is 55.4 Å². The molecule has 0 heterocycles. The van der Waals surface area contributed by atoms with Crippen LogP contribution in [0.25, 0.3) is 0 Å². The van der Waals surface area contributed by atoms with Crippen LogP contribution in [0.5, 0.6) is 5.75 Å². The molecule has 2 aromatic rings. The van der Waals surface area contributed by atoms with Crippen molar-refractivity contribution in [3.63, 3.8) is 0 Å². The monoisotopic (exact) mass is 329 g/mol. The van der Waals surface area contributed by atoms with E-state index in [1.54, 1.807) is 42.1 Å². The molecule has 120 valence electrons. The van der Waals surface area contributed by atoms with E-state index in [9.17, 15) is 9.59 Å². The molecule has 0 unspecified atom stereocenters. The molecule has 1 amide bonds. The van der Waals surface area contributed by atoms with Gasteiger partial charge in [0, 0.05) is 22.8 Å². The molecule has 0 aliphatic rings. The highest BCUT2D eigenvalue weighted by Gasteiger charge is 2.14. The number of ether oxygens (including phenoxy) is 1. The fourth-order valence-electron chi connectivity index (χ4n) is 1.96. The van der Waals surface area contributed by atoms with Crippen molar-refractivity contribution in [3.05, 3.63) is 54.1 Å². The summed E-state index contributed by atoms with van der Waals surface area (Å²) in [7, 11) is 0. The van der Waals surface area contributed by atoms with Crippen LogP contribution in [-0.2, 0) is 4.79 Å². The maximum atomic E-state index is 12.4. The number of benzene rings is 2. The molecule has 0 aliphatic heterocycles. The van der Waals surface area contributed by atoms with Gasteiger partial charge in [-0.1, -0.05) is 26.0 Å². The zero-order valence-electron chi connectivity index (χ0n) is 13.3. The van der Waals surface area contributed by atoms with E-state index in [1.165, 1.54) is 6.92 Å². The fourth-order valence-corrected chi connectivity index (χ4v) is 2.91. The number of amides is 1. The molecule has 0 aliphatic carbocycles. The van der Waals surface area contributed by atoms with Crippen LogP contribution in [0, 0.1) is 0 Å². The molecule has 1 N–H and O–H groups in total. The number of rotatable bonds is 5. The summed E-state index contributed by atoms with van der Waals surface area (Å²) in [6.45, 7) is 5.60. The van der Waals surface area contributed by atoms with Crippen LogP contribution < -0.4 is 10.1 Å². The van der Waals surface area contributed by atoms with Crippen molar-refractivity contribution in [2.45, 2.75) is 30.9 Å². The summed E-state index contributed by atoms with van der Waals surface area (Å²) in [5.41, 5.74) is 1.21. The molecular formula is C18H19NO3S. The lowest BCUT2D eigenvalue weighted by atomic mass is 10.2. The average molecular weight is 329 g/mol. The Morgan fingerprint density at radius 2 is 1.70 bits per heavy atom. The van der Waals surface area contributed by atoms with Crippen molar-refractivity contribution in [1.82, 2.24) is 0 Å². The van der Waals surface area contributed by atoms with Crippen LogP contribution >= 0.6 is 11.8 Å². The minimum absolute atomic E-state index is 0.144. The maximum absolute atomic E-state index is 12.4. The zero-order chi connectivity index (χ0) is 16.8. The quantitative estimate of drug-likeness (QED) is 0.503. The Hall–Kier alpha value is -2.27. The van der Waals surface area contributed by atoms with Crippen molar-refractivity contribution in [2.75, 3.05) is 5.32 Å². The van der Waals surface area contributed by atoms with Crippen LogP contribution in [0.3, 0.4) is 0 Å². The first kappa shape index (κ1) is 17.1. The number of thioether (sulfide) groups is 1. The molecule has 2 aromatic carbocycles. The van der Waals surface area contributed by atoms with Crippen molar-refractivity contribution in [2.24, 2.45) is 0 Å². The van der Waals surface area contributed by atoms with E-state index in [2.05, 4.69) is 19.2 Å². The van der Waals surface area contributed by atoms with E-state index in [0.29, 0.717) is 22.3 Å². The van der Waals surface area contributed by atoms with Gasteiger partial charge in [-0.3, -0.25) is 4.79 Å². The lowest BCUT2D eigenvalue weighted by molar-refractivity contribution is -0.114. The van der Waals surface area contributed by atoms with Gasteiger partial charge in [0.1, 0.15) is 5.75 Å². The number of carbonyl (C=O) groups is 2. The third kappa shape index (κ3) is 5.14. The predicted molar refractivity (Wildman–Crippen MR) is 93.1 cm³/mol. The summed E-state index contributed by atoms with van der Waals surface area (Å²) in [6, 6.07) is 14.1. The molecule has 4 nitrogen and oxygen atoms in total. The van der Waals surface area contributed by atoms with Crippen LogP contribution in [0.15, 0.2) is 53.4 Å². The Morgan fingerprint density at radius 1 is 1.04 bits per heavy atom. The molecule has 23 heavy (non-hydrogen) atoms. The number of anilines is 1. The Bertz CT molecular complexity index is 696. The summed E-state index contributed by atoms with van der Waals surface area (Å²) in [5.74, 6) is -0.0936. The molecule has 0 saturated carbocycles. The minimum atomic E-state index is -0.388. The zero-order valence-corrected chi connectivity index (χ0v) is 14.1. The SMILES string of the molecule is CC(=O)Nc1ccc(OC(=O)c2ccccc2SC(C)C)cc1. The highest BCUT2D eigenvalue weighted by Crippen LogP contribution is 2.27. The van der Waals surface area contributed by atoms with Crippen LogP contribution in [0.1, 0.15) is 31.1 Å². The Morgan fingerprint density at radius 3 is 2.30 bits per heavy atom. The molecule has 5 heteroatoms. The summed E-state index contributed by atoms with van der Waals surface area (Å²) >= 11 is 1.62. The van der Waals surface area contributed by atoms with Gasteiger partial charge in [0.25, 0.3) is 0 Å². The van der Waals surface area contributed by atoms with E-state index in [0.717, 1.165) is 4.90 Å². The lowest BCUT2D eigenvalue weighted by Gasteiger charge is -2.11. The van der Waals surface area contributed by atoms with Crippen molar-refractivity contribution in [1.29, 1.82) is 0 Å². The fraction of sp³-hybridized carbons (Fsp3) is 0.222. The molecule has 0 atom stereocenters. The number of esters is 1. The van der Waals surface area contributed by atoms with Crippen molar-refractivity contribution >= 4 is 29.3 Å². The smallest absolute Gasteiger partial charge is 0.344 e. The van der Waals surface area contributed by atoms with Gasteiger partial charge in [0.2, 0.25) is 5.91 Å². The Kier molecular flexibility index (Phi) is 5.82. The first-order chi connectivity index (χ1) is 11.0. The number of hydrogen-bond acceptors (Lipinski definition) is 4. The third-order valence-electron chi connectivity index (χ3n) is 2.85. The molecule has 0 spiro atoms. The average Bonchev–Trinajstić information content (AvgIpc) is 2.48. The van der Waals surface area contributed by atoms with E-state index in [1.807, 2.05) is 18.2 Å². The molecular weight excluding hydrogens is 310 g/mol. The van der Waals surface area contributed by atoms with E-state index in [-0.39, 0.29) is 11.9 Å². The van der Waals surface area contributed by atoms with Crippen LogP contribution in [-0.4, -0.2) is 17.1 Å². The Labute approximate surface area is 140 Å². The van der Waals surface area contributed by atoms with E-state index in [4.69, 9.17) is 4.74 Å².